The summed E-state index contributed by atoms with van der Waals surface area (Å²) in [6.07, 6.45) is 0. The van der Waals surface area contributed by atoms with Gasteiger partial charge in [-0.1, -0.05) is 40.7 Å². The number of nitrogens with zero attached hydrogens (tertiary/aromatic N) is 3. The molecule has 0 saturated heterocycles. The van der Waals surface area contributed by atoms with Crippen LogP contribution in [-0.4, -0.2) is 16.9 Å². The summed E-state index contributed by atoms with van der Waals surface area (Å²) in [6.45, 7) is 2.60. The van der Waals surface area contributed by atoms with Gasteiger partial charge in [-0.25, -0.2) is 0 Å². The normalized spacial score (nSPS) is 17.4. The Kier molecular flexibility index (Phi) is 2.94. The molecule has 1 unspecified atom stereocenters. The number of halogens is 1. The molecule has 4 rings (SSSR count). The SMILES string of the molecule is CC1CN=C(c2ccc(Cl)cc2)c2c3ccccc3[n+]([O-])n21. The molecule has 0 spiro atoms. The van der Waals surface area contributed by atoms with Crippen LogP contribution in [0.5, 0.6) is 0 Å². The van der Waals surface area contributed by atoms with Crippen molar-refractivity contribution >= 4 is 28.2 Å². The van der Waals surface area contributed by atoms with Crippen LogP contribution < -0.4 is 4.85 Å². The summed E-state index contributed by atoms with van der Waals surface area (Å²) in [4.78, 5) is 5.70. The average molecular weight is 312 g/mol. The van der Waals surface area contributed by atoms with Gasteiger partial charge in [-0.15, -0.1) is 4.68 Å². The van der Waals surface area contributed by atoms with E-state index in [1.54, 1.807) is 4.68 Å². The smallest absolute Gasteiger partial charge is 0.252 e. The van der Waals surface area contributed by atoms with E-state index in [0.29, 0.717) is 17.1 Å². The van der Waals surface area contributed by atoms with Crippen molar-refractivity contribution in [2.24, 2.45) is 4.99 Å². The Bertz CT molecular complexity index is 896. The first kappa shape index (κ1) is 13.3. The van der Waals surface area contributed by atoms with E-state index in [9.17, 15) is 5.21 Å². The monoisotopic (exact) mass is 311 g/mol. The molecule has 5 heteroatoms. The lowest BCUT2D eigenvalue weighted by atomic mass is 10.0. The summed E-state index contributed by atoms with van der Waals surface area (Å²) in [7, 11) is 0. The van der Waals surface area contributed by atoms with Gasteiger partial charge in [0.05, 0.1) is 17.6 Å². The number of aromatic nitrogens is 2. The largest absolute Gasteiger partial charge is 0.595 e. The number of hydrogen-bond acceptors (Lipinski definition) is 2. The summed E-state index contributed by atoms with van der Waals surface area (Å²) in [5, 5.41) is 14.2. The van der Waals surface area contributed by atoms with Crippen molar-refractivity contribution in [3.05, 3.63) is 70.0 Å². The Hall–Kier alpha value is -2.33. The Balaban J connectivity index is 2.02. The first-order chi connectivity index (χ1) is 10.7. The number of benzene rings is 2. The molecule has 3 aromatic rings. The molecule has 4 nitrogen and oxygen atoms in total. The highest BCUT2D eigenvalue weighted by Crippen LogP contribution is 2.27. The van der Waals surface area contributed by atoms with Gasteiger partial charge in [-0.05, 0) is 25.1 Å². The molecule has 0 N–H and O–H groups in total. The van der Waals surface area contributed by atoms with E-state index >= 15 is 0 Å². The molecule has 1 aliphatic rings. The van der Waals surface area contributed by atoms with Crippen LogP contribution in [0.3, 0.4) is 0 Å². The third kappa shape index (κ3) is 1.84. The van der Waals surface area contributed by atoms with Gasteiger partial charge in [0.15, 0.2) is 0 Å². The molecule has 0 fully saturated rings. The molecule has 1 aliphatic heterocycles. The number of para-hydroxylation sites is 1. The minimum absolute atomic E-state index is 0.0379. The van der Waals surface area contributed by atoms with Crippen molar-refractivity contribution in [3.63, 3.8) is 0 Å². The number of hydrogen-bond donors (Lipinski definition) is 0. The summed E-state index contributed by atoms with van der Waals surface area (Å²) in [6, 6.07) is 15.3. The molecule has 1 atom stereocenters. The molecule has 0 radical (unpaired) electrons. The highest BCUT2D eigenvalue weighted by molar-refractivity contribution is 6.30. The maximum absolute atomic E-state index is 12.6. The summed E-state index contributed by atoms with van der Waals surface area (Å²) >= 11 is 5.97. The Morgan fingerprint density at radius 2 is 1.91 bits per heavy atom. The van der Waals surface area contributed by atoms with Crippen molar-refractivity contribution in [1.29, 1.82) is 0 Å². The van der Waals surface area contributed by atoms with Gasteiger partial charge in [0.1, 0.15) is 11.7 Å². The van der Waals surface area contributed by atoms with Crippen LogP contribution in [0.15, 0.2) is 53.5 Å². The maximum Gasteiger partial charge on any atom is 0.252 e. The van der Waals surface area contributed by atoms with Gasteiger partial charge in [-0.3, -0.25) is 4.99 Å². The van der Waals surface area contributed by atoms with Gasteiger partial charge in [-0.2, -0.15) is 0 Å². The van der Waals surface area contributed by atoms with Crippen molar-refractivity contribution in [2.75, 3.05) is 6.54 Å². The molecular formula is C17H14ClN3O. The number of fused-ring (bicyclic) bond motifs is 3. The minimum atomic E-state index is 0.0379. The average Bonchev–Trinajstić information content (AvgIpc) is 2.84. The first-order valence-corrected chi connectivity index (χ1v) is 7.58. The van der Waals surface area contributed by atoms with Crippen molar-refractivity contribution in [2.45, 2.75) is 13.0 Å². The van der Waals surface area contributed by atoms with Crippen molar-refractivity contribution in [3.8, 4) is 0 Å². The lowest BCUT2D eigenvalue weighted by Gasteiger charge is -2.20. The molecule has 0 saturated carbocycles. The van der Waals surface area contributed by atoms with Crippen molar-refractivity contribution < 1.29 is 4.85 Å². The molecule has 0 amide bonds. The van der Waals surface area contributed by atoms with Crippen LogP contribution in [0.25, 0.3) is 10.9 Å². The third-order valence-corrected chi connectivity index (χ3v) is 4.32. The number of rotatable bonds is 1. The Morgan fingerprint density at radius 3 is 2.68 bits per heavy atom. The van der Waals surface area contributed by atoms with Gasteiger partial charge in [0.25, 0.3) is 5.52 Å². The zero-order chi connectivity index (χ0) is 15.3. The molecule has 2 heterocycles. The van der Waals surface area contributed by atoms with E-state index in [0.717, 1.165) is 27.2 Å². The summed E-state index contributed by atoms with van der Waals surface area (Å²) in [5.41, 5.74) is 3.38. The van der Waals surface area contributed by atoms with Crippen LogP contribution in [0.4, 0.5) is 0 Å². The van der Waals surface area contributed by atoms with Gasteiger partial charge in [0, 0.05) is 16.7 Å². The maximum atomic E-state index is 12.6. The van der Waals surface area contributed by atoms with Crippen LogP contribution in [0.2, 0.25) is 5.02 Å². The van der Waals surface area contributed by atoms with Crippen LogP contribution in [0.1, 0.15) is 24.2 Å². The lowest BCUT2D eigenvalue weighted by Crippen LogP contribution is -2.43. The van der Waals surface area contributed by atoms with Crippen molar-refractivity contribution in [1.82, 2.24) is 4.68 Å². The standard InChI is InChI=1S/C17H14ClN3O/c1-11-10-19-16(12-6-8-13(18)9-7-12)17-14-4-2-3-5-15(14)21(22)20(11)17/h2-9,11H,10H2,1H3. The fourth-order valence-corrected chi connectivity index (χ4v) is 3.14. The quantitative estimate of drug-likeness (QED) is 0.502. The summed E-state index contributed by atoms with van der Waals surface area (Å²) in [5.74, 6) is 0. The van der Waals surface area contributed by atoms with Crippen LogP contribution >= 0.6 is 11.6 Å². The highest BCUT2D eigenvalue weighted by Gasteiger charge is 2.31. The van der Waals surface area contributed by atoms with E-state index < -0.39 is 0 Å². The molecule has 2 aromatic carbocycles. The molecule has 0 aliphatic carbocycles. The van der Waals surface area contributed by atoms with E-state index in [-0.39, 0.29) is 6.04 Å². The topological polar surface area (TPSA) is 44.2 Å². The van der Waals surface area contributed by atoms with Gasteiger partial charge < -0.3 is 5.21 Å². The fraction of sp³-hybridized carbons (Fsp3) is 0.176. The summed E-state index contributed by atoms with van der Waals surface area (Å²) < 4.78 is 1.79. The van der Waals surface area contributed by atoms with Gasteiger partial charge >= 0.3 is 0 Å². The second-order valence-corrected chi connectivity index (χ2v) is 5.96. The molecule has 22 heavy (non-hydrogen) atoms. The van der Waals surface area contributed by atoms with Gasteiger partial charge in [0.2, 0.25) is 0 Å². The molecule has 110 valence electrons. The highest BCUT2D eigenvalue weighted by atomic mass is 35.5. The van der Waals surface area contributed by atoms with Crippen LogP contribution in [-0.2, 0) is 0 Å². The molecule has 0 bridgehead atoms. The third-order valence-electron chi connectivity index (χ3n) is 4.06. The van der Waals surface area contributed by atoms with E-state index in [4.69, 9.17) is 16.6 Å². The Labute approximate surface area is 132 Å². The minimum Gasteiger partial charge on any atom is -0.595 e. The second kappa shape index (κ2) is 4.85. The molecular weight excluding hydrogens is 298 g/mol. The Morgan fingerprint density at radius 1 is 1.18 bits per heavy atom. The first-order valence-electron chi connectivity index (χ1n) is 7.20. The predicted octanol–water partition coefficient (Wildman–Crippen LogP) is 3.34. The van der Waals surface area contributed by atoms with E-state index in [1.165, 1.54) is 0 Å². The lowest BCUT2D eigenvalue weighted by molar-refractivity contribution is -0.673. The second-order valence-electron chi connectivity index (χ2n) is 5.53. The predicted molar refractivity (Wildman–Crippen MR) is 87.6 cm³/mol. The van der Waals surface area contributed by atoms with E-state index in [2.05, 4.69) is 0 Å². The number of aliphatic imine (C=N–C) groups is 1. The molecule has 1 aromatic heterocycles. The zero-order valence-electron chi connectivity index (χ0n) is 12.0. The zero-order valence-corrected chi connectivity index (χ0v) is 12.8. The fourth-order valence-electron chi connectivity index (χ4n) is 3.02. The van der Waals surface area contributed by atoms with Crippen LogP contribution in [0, 0.1) is 5.21 Å². The van der Waals surface area contributed by atoms with E-state index in [1.807, 2.05) is 55.5 Å².